The maximum Gasteiger partial charge on any atom is 0.328 e. The summed E-state index contributed by atoms with van der Waals surface area (Å²) in [7, 11) is 1.40. The van der Waals surface area contributed by atoms with Gasteiger partial charge in [0, 0.05) is 12.5 Å². The predicted molar refractivity (Wildman–Crippen MR) is 77.0 cm³/mol. The monoisotopic (exact) mass is 281 g/mol. The van der Waals surface area contributed by atoms with Crippen LogP contribution in [0.25, 0.3) is 0 Å². The minimum atomic E-state index is -0.350. The van der Waals surface area contributed by atoms with Crippen molar-refractivity contribution >= 4 is 11.9 Å². The summed E-state index contributed by atoms with van der Waals surface area (Å²) in [6, 6.07) is -0.350. The molecule has 0 spiro atoms. The molecule has 1 amide bonds. The average molecular weight is 281 g/mol. The number of rotatable bonds is 3. The Balaban J connectivity index is 1.97. The van der Waals surface area contributed by atoms with Gasteiger partial charge in [-0.25, -0.2) is 4.79 Å². The molecule has 1 unspecified atom stereocenters. The van der Waals surface area contributed by atoms with Gasteiger partial charge in [-0.05, 0) is 37.5 Å². The molecule has 1 saturated carbocycles. The number of carbonyl (C=O) groups is 2. The third-order valence-corrected chi connectivity index (χ3v) is 5.17. The van der Waals surface area contributed by atoms with E-state index in [0.29, 0.717) is 12.5 Å². The first-order valence-electron chi connectivity index (χ1n) is 7.93. The highest BCUT2D eigenvalue weighted by Gasteiger charge is 2.38. The molecule has 20 heavy (non-hydrogen) atoms. The van der Waals surface area contributed by atoms with Gasteiger partial charge in [0.05, 0.1) is 7.11 Å². The third kappa shape index (κ3) is 3.15. The van der Waals surface area contributed by atoms with E-state index in [1.807, 2.05) is 6.92 Å². The highest BCUT2D eigenvalue weighted by atomic mass is 16.5. The molecule has 0 aromatic rings. The zero-order chi connectivity index (χ0) is 14.7. The van der Waals surface area contributed by atoms with Crippen LogP contribution in [0, 0.1) is 17.8 Å². The van der Waals surface area contributed by atoms with Gasteiger partial charge >= 0.3 is 5.97 Å². The molecule has 2 aliphatic rings. The molecular formula is C16H27NO3. The van der Waals surface area contributed by atoms with Crippen LogP contribution < -0.4 is 0 Å². The zero-order valence-corrected chi connectivity index (χ0v) is 12.9. The number of amides is 1. The molecule has 114 valence electrons. The lowest BCUT2D eigenvalue weighted by atomic mass is 9.76. The first-order chi connectivity index (χ1) is 9.54. The van der Waals surface area contributed by atoms with Crippen molar-refractivity contribution in [2.24, 2.45) is 17.8 Å². The Labute approximate surface area is 121 Å². The second-order valence-corrected chi connectivity index (χ2v) is 6.52. The third-order valence-electron chi connectivity index (χ3n) is 5.17. The maximum absolute atomic E-state index is 12.7. The summed E-state index contributed by atoms with van der Waals surface area (Å²) in [6.07, 6.45) is 6.38. The van der Waals surface area contributed by atoms with Gasteiger partial charge in [0.15, 0.2) is 0 Å². The topological polar surface area (TPSA) is 46.6 Å². The Bertz CT molecular complexity index is 361. The van der Waals surface area contributed by atoms with Gasteiger partial charge in [0.2, 0.25) is 5.91 Å². The summed E-state index contributed by atoms with van der Waals surface area (Å²) >= 11 is 0. The van der Waals surface area contributed by atoms with E-state index in [1.165, 1.54) is 20.0 Å². The van der Waals surface area contributed by atoms with Gasteiger partial charge in [-0.1, -0.05) is 26.7 Å². The van der Waals surface area contributed by atoms with Crippen LogP contribution in [0.1, 0.15) is 52.4 Å². The fourth-order valence-corrected chi connectivity index (χ4v) is 3.66. The van der Waals surface area contributed by atoms with Crippen LogP contribution in [0.4, 0.5) is 0 Å². The van der Waals surface area contributed by atoms with E-state index in [9.17, 15) is 9.59 Å². The standard InChI is InChI=1S/C16H27NO3/c1-11-6-8-13(9-7-11)12(2)15(18)17-10-4-5-14(17)16(19)20-3/h11-14H,4-10H2,1-3H3/t11?,12-,13?,14?/m0/s1. The minimum absolute atomic E-state index is 0.0350. The molecule has 0 bridgehead atoms. The van der Waals surface area contributed by atoms with E-state index in [1.54, 1.807) is 4.90 Å². The lowest BCUT2D eigenvalue weighted by Gasteiger charge is -2.33. The largest absolute Gasteiger partial charge is 0.467 e. The number of hydrogen-bond donors (Lipinski definition) is 0. The number of carbonyl (C=O) groups excluding carboxylic acids is 2. The molecule has 2 fully saturated rings. The first-order valence-corrected chi connectivity index (χ1v) is 7.93. The Morgan fingerprint density at radius 1 is 1.15 bits per heavy atom. The normalized spacial score (nSPS) is 31.9. The van der Waals surface area contributed by atoms with Crippen LogP contribution in [-0.4, -0.2) is 36.5 Å². The van der Waals surface area contributed by atoms with E-state index in [0.717, 1.165) is 31.6 Å². The maximum atomic E-state index is 12.7. The summed E-state index contributed by atoms with van der Waals surface area (Å²) in [4.78, 5) is 26.2. The lowest BCUT2D eigenvalue weighted by molar-refractivity contribution is -0.153. The quantitative estimate of drug-likeness (QED) is 0.747. The van der Waals surface area contributed by atoms with Crippen LogP contribution in [0.5, 0.6) is 0 Å². The summed E-state index contributed by atoms with van der Waals surface area (Å²) in [5.74, 6) is 1.20. The van der Waals surface area contributed by atoms with Crippen molar-refractivity contribution in [1.82, 2.24) is 4.90 Å². The fraction of sp³-hybridized carbons (Fsp3) is 0.875. The van der Waals surface area contributed by atoms with Crippen LogP contribution in [-0.2, 0) is 14.3 Å². The van der Waals surface area contributed by atoms with Crippen LogP contribution in [0.3, 0.4) is 0 Å². The summed E-state index contributed by atoms with van der Waals surface area (Å²) < 4.78 is 4.82. The van der Waals surface area contributed by atoms with Crippen molar-refractivity contribution in [2.45, 2.75) is 58.4 Å². The van der Waals surface area contributed by atoms with Gasteiger partial charge in [0.25, 0.3) is 0 Å². The van der Waals surface area contributed by atoms with E-state index >= 15 is 0 Å². The van der Waals surface area contributed by atoms with E-state index in [-0.39, 0.29) is 23.8 Å². The van der Waals surface area contributed by atoms with E-state index in [2.05, 4.69) is 6.92 Å². The number of nitrogens with zero attached hydrogens (tertiary/aromatic N) is 1. The molecule has 4 nitrogen and oxygen atoms in total. The summed E-state index contributed by atoms with van der Waals surface area (Å²) in [5, 5.41) is 0. The number of ether oxygens (including phenoxy) is 1. The van der Waals surface area contributed by atoms with Gasteiger partial charge in [-0.2, -0.15) is 0 Å². The van der Waals surface area contributed by atoms with Crippen LogP contribution in [0.15, 0.2) is 0 Å². The second-order valence-electron chi connectivity index (χ2n) is 6.52. The minimum Gasteiger partial charge on any atom is -0.467 e. The Kier molecular flexibility index (Phi) is 5.06. The van der Waals surface area contributed by atoms with E-state index in [4.69, 9.17) is 4.74 Å². The Hall–Kier alpha value is -1.06. The SMILES string of the molecule is COC(=O)C1CCCN1C(=O)[C@@H](C)C1CCC(C)CC1. The lowest BCUT2D eigenvalue weighted by Crippen LogP contribution is -2.45. The van der Waals surface area contributed by atoms with Crippen LogP contribution in [0.2, 0.25) is 0 Å². The smallest absolute Gasteiger partial charge is 0.328 e. The van der Waals surface area contributed by atoms with E-state index < -0.39 is 0 Å². The zero-order valence-electron chi connectivity index (χ0n) is 12.9. The number of esters is 1. The van der Waals surface area contributed by atoms with Crippen molar-refractivity contribution in [3.63, 3.8) is 0 Å². The molecule has 4 heteroatoms. The van der Waals surface area contributed by atoms with Gasteiger partial charge in [0.1, 0.15) is 6.04 Å². The molecule has 1 aliphatic heterocycles. The van der Waals surface area contributed by atoms with Crippen molar-refractivity contribution in [3.05, 3.63) is 0 Å². The number of hydrogen-bond acceptors (Lipinski definition) is 3. The van der Waals surface area contributed by atoms with Gasteiger partial charge in [-0.15, -0.1) is 0 Å². The molecule has 0 N–H and O–H groups in total. The molecule has 1 heterocycles. The van der Waals surface area contributed by atoms with Gasteiger partial charge in [-0.3, -0.25) is 4.79 Å². The molecular weight excluding hydrogens is 254 g/mol. The van der Waals surface area contributed by atoms with Crippen molar-refractivity contribution in [2.75, 3.05) is 13.7 Å². The van der Waals surface area contributed by atoms with Crippen LogP contribution >= 0.6 is 0 Å². The highest BCUT2D eigenvalue weighted by molar-refractivity contribution is 5.86. The first kappa shape index (κ1) is 15.3. The number of methoxy groups -OCH3 is 1. The molecule has 1 saturated heterocycles. The van der Waals surface area contributed by atoms with Crippen molar-refractivity contribution in [3.8, 4) is 0 Å². The Morgan fingerprint density at radius 2 is 1.80 bits per heavy atom. The number of likely N-dealkylation sites (tertiary alicyclic amines) is 1. The second kappa shape index (κ2) is 6.59. The molecule has 0 radical (unpaired) electrons. The summed E-state index contributed by atoms with van der Waals surface area (Å²) in [5.41, 5.74) is 0. The highest BCUT2D eigenvalue weighted by Crippen LogP contribution is 2.35. The Morgan fingerprint density at radius 3 is 2.40 bits per heavy atom. The van der Waals surface area contributed by atoms with Gasteiger partial charge < -0.3 is 9.64 Å². The van der Waals surface area contributed by atoms with Crippen molar-refractivity contribution < 1.29 is 14.3 Å². The molecule has 0 aromatic heterocycles. The fourth-order valence-electron chi connectivity index (χ4n) is 3.66. The predicted octanol–water partition coefficient (Wildman–Crippen LogP) is 2.61. The molecule has 1 aliphatic carbocycles. The summed E-state index contributed by atoms with van der Waals surface area (Å²) in [6.45, 7) is 5.03. The molecule has 0 aromatic carbocycles. The molecule has 2 rings (SSSR count). The average Bonchev–Trinajstić information content (AvgIpc) is 2.95. The van der Waals surface area contributed by atoms with Crippen molar-refractivity contribution in [1.29, 1.82) is 0 Å². The molecule has 2 atom stereocenters.